The molecule has 0 fully saturated rings. The molecule has 0 aliphatic heterocycles. The molecule has 0 unspecified atom stereocenters. The van der Waals surface area contributed by atoms with Crippen molar-refractivity contribution >= 4 is 23.6 Å². The van der Waals surface area contributed by atoms with E-state index in [9.17, 15) is 24.3 Å². The topological polar surface area (TPSA) is 113 Å². The fourth-order valence-electron chi connectivity index (χ4n) is 4.63. The molecule has 7 nitrogen and oxygen atoms in total. The molecule has 0 aromatic heterocycles. The van der Waals surface area contributed by atoms with Crippen LogP contribution in [0.2, 0.25) is 0 Å². The normalized spacial score (nSPS) is 12.6. The van der Waals surface area contributed by atoms with Gasteiger partial charge in [-0.1, -0.05) is 97.3 Å². The van der Waals surface area contributed by atoms with Gasteiger partial charge in [-0.2, -0.15) is 0 Å². The van der Waals surface area contributed by atoms with Crippen LogP contribution in [0, 0.1) is 5.92 Å². The Balaban J connectivity index is 3.82. The van der Waals surface area contributed by atoms with E-state index in [1.54, 1.807) is 6.92 Å². The first-order chi connectivity index (χ1) is 17.8. The zero-order chi connectivity index (χ0) is 27.7. The van der Waals surface area contributed by atoms with Gasteiger partial charge in [0.2, 0.25) is 11.8 Å². The lowest BCUT2D eigenvalue weighted by atomic mass is 9.95. The molecular formula is C30H56N2O5. The number of unbranched alkanes of at least 4 members (excludes halogenated alkanes) is 13. The number of nitrogens with one attached hydrogen (secondary N) is 2. The second kappa shape index (κ2) is 24.4. The van der Waals surface area contributed by atoms with E-state index in [-0.39, 0.29) is 36.4 Å². The van der Waals surface area contributed by atoms with E-state index in [1.165, 1.54) is 64.2 Å². The Morgan fingerprint density at radius 1 is 0.649 bits per heavy atom. The third-order valence-corrected chi connectivity index (χ3v) is 7.17. The number of amides is 2. The van der Waals surface area contributed by atoms with Gasteiger partial charge in [0.05, 0.1) is 0 Å². The van der Waals surface area contributed by atoms with Crippen LogP contribution in [0.5, 0.6) is 0 Å². The summed E-state index contributed by atoms with van der Waals surface area (Å²) in [4.78, 5) is 47.2. The summed E-state index contributed by atoms with van der Waals surface area (Å²) in [5.41, 5.74) is 0. The lowest BCUT2D eigenvalue weighted by Crippen LogP contribution is -2.41. The monoisotopic (exact) mass is 524 g/mol. The molecule has 3 N–H and O–H groups in total. The molecule has 216 valence electrons. The highest BCUT2D eigenvalue weighted by atomic mass is 16.4. The first-order valence-electron chi connectivity index (χ1n) is 15.1. The van der Waals surface area contributed by atoms with Crippen LogP contribution in [0.3, 0.4) is 0 Å². The van der Waals surface area contributed by atoms with E-state index in [4.69, 9.17) is 0 Å². The summed E-state index contributed by atoms with van der Waals surface area (Å²) in [6.45, 7) is 6.38. The summed E-state index contributed by atoms with van der Waals surface area (Å²) in [6, 6.07) is -1.04. The SMILES string of the molecule is CCCCCCCCCCCCCCCC(=O)N[C@@H](CCC(=O)NCCCC[C@H](CC)C(C)=O)C(=O)O. The number of rotatable bonds is 26. The average Bonchev–Trinajstić information content (AvgIpc) is 2.86. The molecule has 0 saturated carbocycles. The Labute approximate surface area is 226 Å². The molecule has 0 aromatic rings. The van der Waals surface area contributed by atoms with Crippen molar-refractivity contribution in [2.75, 3.05) is 6.54 Å². The van der Waals surface area contributed by atoms with Crippen LogP contribution in [0.15, 0.2) is 0 Å². The highest BCUT2D eigenvalue weighted by molar-refractivity contribution is 5.84. The molecule has 0 aromatic carbocycles. The van der Waals surface area contributed by atoms with Gasteiger partial charge in [-0.15, -0.1) is 0 Å². The van der Waals surface area contributed by atoms with Crippen LogP contribution in [-0.2, 0) is 19.2 Å². The first-order valence-corrected chi connectivity index (χ1v) is 15.1. The van der Waals surface area contributed by atoms with Crippen LogP contribution < -0.4 is 10.6 Å². The summed E-state index contributed by atoms with van der Waals surface area (Å²) < 4.78 is 0. The second-order valence-corrected chi connectivity index (χ2v) is 10.6. The Morgan fingerprint density at radius 3 is 1.68 bits per heavy atom. The number of Topliss-reactive ketones (excluding diaryl/α,β-unsaturated/α-hetero) is 1. The Hall–Kier alpha value is -1.92. The third-order valence-electron chi connectivity index (χ3n) is 7.17. The van der Waals surface area contributed by atoms with Crippen molar-refractivity contribution < 1.29 is 24.3 Å². The fourth-order valence-corrected chi connectivity index (χ4v) is 4.63. The zero-order valence-electron chi connectivity index (χ0n) is 24.1. The average molecular weight is 525 g/mol. The van der Waals surface area contributed by atoms with Gasteiger partial charge in [-0.25, -0.2) is 4.79 Å². The molecule has 7 heteroatoms. The zero-order valence-corrected chi connectivity index (χ0v) is 24.1. The predicted molar refractivity (Wildman–Crippen MR) is 150 cm³/mol. The number of hydrogen-bond donors (Lipinski definition) is 3. The minimum Gasteiger partial charge on any atom is -0.480 e. The quantitative estimate of drug-likeness (QED) is 0.109. The standard InChI is InChI=1S/C30H56N2O5/c1-4-6-7-8-9-10-11-12-13-14-15-16-17-21-29(35)32-27(30(36)37)22-23-28(34)31-24-19-18-20-26(5-2)25(3)33/h26-27H,4-24H2,1-3H3,(H,31,34)(H,32,35)(H,36,37)/t26-,27-/m0/s1. The van der Waals surface area contributed by atoms with Crippen LogP contribution >= 0.6 is 0 Å². The lowest BCUT2D eigenvalue weighted by Gasteiger charge is -2.15. The Morgan fingerprint density at radius 2 is 1.19 bits per heavy atom. The van der Waals surface area contributed by atoms with E-state index < -0.39 is 12.0 Å². The largest absolute Gasteiger partial charge is 0.480 e. The van der Waals surface area contributed by atoms with Gasteiger partial charge in [-0.05, 0) is 39.0 Å². The maximum Gasteiger partial charge on any atom is 0.326 e. The van der Waals surface area contributed by atoms with Gasteiger partial charge in [-0.3, -0.25) is 14.4 Å². The molecular weight excluding hydrogens is 468 g/mol. The summed E-state index contributed by atoms with van der Waals surface area (Å²) in [7, 11) is 0. The summed E-state index contributed by atoms with van der Waals surface area (Å²) in [6.07, 6.45) is 19.8. The molecule has 0 radical (unpaired) electrons. The van der Waals surface area contributed by atoms with Crippen molar-refractivity contribution in [1.29, 1.82) is 0 Å². The highest BCUT2D eigenvalue weighted by Crippen LogP contribution is 2.14. The summed E-state index contributed by atoms with van der Waals surface area (Å²) in [5, 5.41) is 14.8. The van der Waals surface area contributed by atoms with Crippen molar-refractivity contribution in [2.45, 2.75) is 155 Å². The van der Waals surface area contributed by atoms with E-state index in [0.717, 1.165) is 44.9 Å². The van der Waals surface area contributed by atoms with Crippen LogP contribution in [0.4, 0.5) is 0 Å². The lowest BCUT2D eigenvalue weighted by molar-refractivity contribution is -0.142. The number of carbonyl (C=O) groups is 4. The number of ketones is 1. The van der Waals surface area contributed by atoms with Gasteiger partial charge < -0.3 is 15.7 Å². The van der Waals surface area contributed by atoms with Gasteiger partial charge >= 0.3 is 5.97 Å². The number of carboxylic acid groups (broad SMARTS) is 1. The first kappa shape index (κ1) is 35.1. The predicted octanol–water partition coefficient (Wildman–Crippen LogP) is 6.72. The molecule has 0 heterocycles. The molecule has 2 amide bonds. The van der Waals surface area contributed by atoms with Gasteiger partial charge in [0.15, 0.2) is 0 Å². The number of aliphatic carboxylic acids is 1. The van der Waals surface area contributed by atoms with Crippen LogP contribution in [0.1, 0.15) is 149 Å². The molecule has 0 aliphatic rings. The molecule has 37 heavy (non-hydrogen) atoms. The molecule has 0 rings (SSSR count). The Bertz CT molecular complexity index is 623. The third kappa shape index (κ3) is 21.8. The van der Waals surface area contributed by atoms with Crippen molar-refractivity contribution in [2.24, 2.45) is 5.92 Å². The van der Waals surface area contributed by atoms with Gasteiger partial charge in [0.25, 0.3) is 0 Å². The molecule has 0 aliphatic carbocycles. The van der Waals surface area contributed by atoms with Crippen molar-refractivity contribution in [1.82, 2.24) is 10.6 Å². The molecule has 0 spiro atoms. The Kier molecular flexibility index (Phi) is 23.2. The summed E-state index contributed by atoms with van der Waals surface area (Å²) >= 11 is 0. The van der Waals surface area contributed by atoms with Crippen molar-refractivity contribution in [3.63, 3.8) is 0 Å². The van der Waals surface area contributed by atoms with E-state index in [0.29, 0.717) is 13.0 Å². The second-order valence-electron chi connectivity index (χ2n) is 10.6. The number of carboxylic acids is 1. The maximum absolute atomic E-state index is 12.2. The van der Waals surface area contributed by atoms with Gasteiger partial charge in [0, 0.05) is 25.3 Å². The molecule has 2 atom stereocenters. The highest BCUT2D eigenvalue weighted by Gasteiger charge is 2.20. The van der Waals surface area contributed by atoms with E-state index in [2.05, 4.69) is 17.6 Å². The number of carbonyl (C=O) groups excluding carboxylic acids is 3. The fraction of sp³-hybridized carbons (Fsp3) is 0.867. The minimum absolute atomic E-state index is 0.0566. The smallest absolute Gasteiger partial charge is 0.326 e. The maximum atomic E-state index is 12.2. The van der Waals surface area contributed by atoms with Crippen LogP contribution in [-0.4, -0.2) is 41.3 Å². The van der Waals surface area contributed by atoms with E-state index >= 15 is 0 Å². The van der Waals surface area contributed by atoms with E-state index in [1.807, 2.05) is 6.92 Å². The minimum atomic E-state index is -1.11. The summed E-state index contributed by atoms with van der Waals surface area (Å²) in [5.74, 6) is -1.28. The van der Waals surface area contributed by atoms with Crippen molar-refractivity contribution in [3.8, 4) is 0 Å². The van der Waals surface area contributed by atoms with Gasteiger partial charge in [0.1, 0.15) is 11.8 Å². The number of hydrogen-bond acceptors (Lipinski definition) is 4. The molecule has 0 saturated heterocycles. The van der Waals surface area contributed by atoms with Crippen LogP contribution in [0.25, 0.3) is 0 Å². The van der Waals surface area contributed by atoms with Crippen molar-refractivity contribution in [3.05, 3.63) is 0 Å². The molecule has 0 bridgehead atoms.